The van der Waals surface area contributed by atoms with Crippen molar-refractivity contribution >= 4 is 39.1 Å². The van der Waals surface area contributed by atoms with Crippen LogP contribution in [0.2, 0.25) is 10.0 Å². The third-order valence-electron chi connectivity index (χ3n) is 5.14. The molecule has 0 unspecified atom stereocenters. The summed E-state index contributed by atoms with van der Waals surface area (Å²) < 4.78 is 33.4. The Labute approximate surface area is 204 Å². The molecule has 1 aromatic heterocycles. The second-order valence-corrected chi connectivity index (χ2v) is 10.6. The molecule has 176 valence electrons. The summed E-state index contributed by atoms with van der Waals surface area (Å²) in [6, 6.07) is 17.1. The van der Waals surface area contributed by atoms with Gasteiger partial charge in [-0.15, -0.1) is 0 Å². The number of sulfonamides is 1. The molecule has 9 heteroatoms. The van der Waals surface area contributed by atoms with Crippen LogP contribution in [-0.2, 0) is 27.8 Å². The Kier molecular flexibility index (Phi) is 8.59. The van der Waals surface area contributed by atoms with E-state index < -0.39 is 16.1 Å². The first-order valence-electron chi connectivity index (χ1n) is 10.5. The lowest BCUT2D eigenvalue weighted by atomic mass is 10.1. The first-order chi connectivity index (χ1) is 15.7. The standard InChI is InChI=1S/C24H26Cl2N2O4S/c1-18(2)28(33(30,31)23-15-20(25)10-11-22(23)26)17-24(29)27(16-21-9-6-14-32-21)13-12-19-7-4-3-5-8-19/h3-11,14-15,18H,12-13,16-17H2,1-2H3. The molecule has 0 saturated heterocycles. The number of carbonyl (C=O) groups is 1. The lowest BCUT2D eigenvalue weighted by Gasteiger charge is -2.29. The van der Waals surface area contributed by atoms with E-state index in [1.807, 2.05) is 30.3 Å². The highest BCUT2D eigenvalue weighted by atomic mass is 35.5. The number of amides is 1. The molecule has 0 aliphatic carbocycles. The second kappa shape index (κ2) is 11.2. The maximum atomic E-state index is 13.4. The summed E-state index contributed by atoms with van der Waals surface area (Å²) in [6.45, 7) is 3.74. The van der Waals surface area contributed by atoms with Crippen molar-refractivity contribution in [1.29, 1.82) is 0 Å². The smallest absolute Gasteiger partial charge is 0.245 e. The van der Waals surface area contributed by atoms with Crippen molar-refractivity contribution in [3.63, 3.8) is 0 Å². The summed E-state index contributed by atoms with van der Waals surface area (Å²) in [6.07, 6.45) is 2.17. The average molecular weight is 509 g/mol. The van der Waals surface area contributed by atoms with Crippen LogP contribution in [0.5, 0.6) is 0 Å². The van der Waals surface area contributed by atoms with E-state index in [0.29, 0.717) is 18.7 Å². The van der Waals surface area contributed by atoms with E-state index in [1.54, 1.807) is 37.1 Å². The molecule has 0 radical (unpaired) electrons. The van der Waals surface area contributed by atoms with Crippen molar-refractivity contribution in [2.45, 2.75) is 37.8 Å². The van der Waals surface area contributed by atoms with Gasteiger partial charge >= 0.3 is 0 Å². The highest BCUT2D eigenvalue weighted by Gasteiger charge is 2.32. The minimum Gasteiger partial charge on any atom is -0.467 e. The van der Waals surface area contributed by atoms with Crippen molar-refractivity contribution < 1.29 is 17.6 Å². The zero-order chi connectivity index (χ0) is 24.0. The topological polar surface area (TPSA) is 70.8 Å². The fraction of sp³-hybridized carbons (Fsp3) is 0.292. The third kappa shape index (κ3) is 6.60. The number of halogens is 2. The highest BCUT2D eigenvalue weighted by molar-refractivity contribution is 7.89. The zero-order valence-electron chi connectivity index (χ0n) is 18.4. The van der Waals surface area contributed by atoms with E-state index in [0.717, 1.165) is 9.87 Å². The van der Waals surface area contributed by atoms with E-state index in [9.17, 15) is 13.2 Å². The van der Waals surface area contributed by atoms with E-state index in [2.05, 4.69) is 0 Å². The van der Waals surface area contributed by atoms with Crippen LogP contribution in [0.15, 0.2) is 76.2 Å². The maximum Gasteiger partial charge on any atom is 0.245 e. The normalized spacial score (nSPS) is 11.8. The van der Waals surface area contributed by atoms with E-state index >= 15 is 0 Å². The van der Waals surface area contributed by atoms with Crippen LogP contribution in [-0.4, -0.2) is 42.7 Å². The number of carbonyl (C=O) groups excluding carboxylic acids is 1. The molecule has 0 spiro atoms. The van der Waals surface area contributed by atoms with Crippen molar-refractivity contribution in [3.05, 3.63) is 88.3 Å². The predicted molar refractivity (Wildman–Crippen MR) is 130 cm³/mol. The Bertz CT molecular complexity index is 1170. The molecule has 1 amide bonds. The van der Waals surface area contributed by atoms with Crippen LogP contribution in [0.3, 0.4) is 0 Å². The molecule has 0 atom stereocenters. The minimum atomic E-state index is -4.07. The third-order valence-corrected chi connectivity index (χ3v) is 7.88. The van der Waals surface area contributed by atoms with Gasteiger partial charge in [0, 0.05) is 17.6 Å². The Morgan fingerprint density at radius 3 is 2.39 bits per heavy atom. The quantitative estimate of drug-likeness (QED) is 0.374. The molecular weight excluding hydrogens is 483 g/mol. The summed E-state index contributed by atoms with van der Waals surface area (Å²) in [5.41, 5.74) is 1.08. The lowest BCUT2D eigenvalue weighted by molar-refractivity contribution is -0.132. The SMILES string of the molecule is CC(C)N(CC(=O)N(CCc1ccccc1)Cc1ccco1)S(=O)(=O)c1cc(Cl)ccc1Cl. The van der Waals surface area contributed by atoms with Gasteiger partial charge in [-0.05, 0) is 56.2 Å². The summed E-state index contributed by atoms with van der Waals surface area (Å²) in [5.74, 6) is 0.283. The van der Waals surface area contributed by atoms with Gasteiger partial charge in [-0.2, -0.15) is 4.31 Å². The van der Waals surface area contributed by atoms with Gasteiger partial charge < -0.3 is 9.32 Å². The number of benzene rings is 2. The molecule has 0 saturated carbocycles. The fourth-order valence-corrected chi connectivity index (χ4v) is 5.70. The first-order valence-corrected chi connectivity index (χ1v) is 12.7. The molecule has 0 aliphatic rings. The monoisotopic (exact) mass is 508 g/mol. The second-order valence-electron chi connectivity index (χ2n) is 7.85. The highest BCUT2D eigenvalue weighted by Crippen LogP contribution is 2.29. The van der Waals surface area contributed by atoms with E-state index in [1.165, 1.54) is 18.2 Å². The molecule has 1 heterocycles. The molecule has 3 aromatic rings. The number of nitrogens with zero attached hydrogens (tertiary/aromatic N) is 2. The van der Waals surface area contributed by atoms with Gasteiger partial charge in [0.2, 0.25) is 15.9 Å². The van der Waals surface area contributed by atoms with E-state index in [-0.39, 0.29) is 33.9 Å². The molecule has 6 nitrogen and oxygen atoms in total. The predicted octanol–water partition coefficient (Wildman–Crippen LogP) is 5.26. The molecule has 33 heavy (non-hydrogen) atoms. The Morgan fingerprint density at radius 2 is 1.76 bits per heavy atom. The van der Waals surface area contributed by atoms with E-state index in [4.69, 9.17) is 27.6 Å². The molecule has 0 fully saturated rings. The Balaban J connectivity index is 1.84. The molecule has 2 aromatic carbocycles. The van der Waals surface area contributed by atoms with Crippen LogP contribution >= 0.6 is 23.2 Å². The van der Waals surface area contributed by atoms with Crippen molar-refractivity contribution in [2.75, 3.05) is 13.1 Å². The largest absolute Gasteiger partial charge is 0.467 e. The van der Waals surface area contributed by atoms with Crippen molar-refractivity contribution in [1.82, 2.24) is 9.21 Å². The number of hydrogen-bond acceptors (Lipinski definition) is 4. The maximum absolute atomic E-state index is 13.4. The van der Waals surface area contributed by atoms with Crippen LogP contribution in [0.1, 0.15) is 25.2 Å². The molecule has 0 N–H and O–H groups in total. The van der Waals surface area contributed by atoms with Gasteiger partial charge in [0.25, 0.3) is 0 Å². The van der Waals surface area contributed by atoms with Gasteiger partial charge in [-0.3, -0.25) is 4.79 Å². The summed E-state index contributed by atoms with van der Waals surface area (Å²) >= 11 is 12.2. The summed E-state index contributed by atoms with van der Waals surface area (Å²) in [4.78, 5) is 14.8. The van der Waals surface area contributed by atoms with Gasteiger partial charge in [0.1, 0.15) is 10.7 Å². The van der Waals surface area contributed by atoms with Gasteiger partial charge in [0.05, 0.1) is 24.4 Å². The van der Waals surface area contributed by atoms with Crippen LogP contribution in [0, 0.1) is 0 Å². The fourth-order valence-electron chi connectivity index (χ4n) is 3.37. The van der Waals surface area contributed by atoms with Crippen molar-refractivity contribution in [2.24, 2.45) is 0 Å². The van der Waals surface area contributed by atoms with Gasteiger partial charge in [-0.25, -0.2) is 8.42 Å². The molecule has 0 aliphatic heterocycles. The average Bonchev–Trinajstić information content (AvgIpc) is 3.30. The number of furan rings is 1. The molecule has 3 rings (SSSR count). The van der Waals surface area contributed by atoms with Gasteiger partial charge in [-0.1, -0.05) is 53.5 Å². The molecular formula is C24H26Cl2N2O4S. The minimum absolute atomic E-state index is 0.0500. The van der Waals surface area contributed by atoms with Crippen LogP contribution in [0.25, 0.3) is 0 Å². The molecule has 0 bridgehead atoms. The van der Waals surface area contributed by atoms with Crippen LogP contribution in [0.4, 0.5) is 0 Å². The van der Waals surface area contributed by atoms with Crippen LogP contribution < -0.4 is 0 Å². The number of rotatable bonds is 10. The summed E-state index contributed by atoms with van der Waals surface area (Å²) in [7, 11) is -4.07. The Hall–Kier alpha value is -2.32. The zero-order valence-corrected chi connectivity index (χ0v) is 20.8. The van der Waals surface area contributed by atoms with Gasteiger partial charge in [0.15, 0.2) is 0 Å². The summed E-state index contributed by atoms with van der Waals surface area (Å²) in [5, 5.41) is 0.296. The first kappa shape index (κ1) is 25.3. The van der Waals surface area contributed by atoms with Crippen molar-refractivity contribution in [3.8, 4) is 0 Å². The number of hydrogen-bond donors (Lipinski definition) is 0. The Morgan fingerprint density at radius 1 is 1.03 bits per heavy atom. The lowest BCUT2D eigenvalue weighted by Crippen LogP contribution is -2.46.